The summed E-state index contributed by atoms with van der Waals surface area (Å²) >= 11 is 0. The van der Waals surface area contributed by atoms with Crippen molar-refractivity contribution in [3.8, 4) is 0 Å². The van der Waals surface area contributed by atoms with E-state index in [-0.39, 0.29) is 12.6 Å². The highest BCUT2D eigenvalue weighted by atomic mass is 19.1. The van der Waals surface area contributed by atoms with Crippen molar-refractivity contribution in [3.63, 3.8) is 0 Å². The zero-order chi connectivity index (χ0) is 20.5. The molecule has 28 heavy (non-hydrogen) atoms. The molecule has 2 saturated heterocycles. The summed E-state index contributed by atoms with van der Waals surface area (Å²) in [4.78, 5) is 36.7. The van der Waals surface area contributed by atoms with Crippen molar-refractivity contribution in [1.29, 1.82) is 0 Å². The number of ether oxygens (including phenoxy) is 2. The Kier molecular flexibility index (Phi) is 5.30. The van der Waals surface area contributed by atoms with Crippen LogP contribution in [0, 0.1) is 5.82 Å². The number of cyclic esters (lactones) is 1. The minimum absolute atomic E-state index is 0.106. The minimum Gasteiger partial charge on any atom is -0.453 e. The second kappa shape index (κ2) is 7.53. The van der Waals surface area contributed by atoms with E-state index in [0.29, 0.717) is 30.8 Å². The number of carbonyl (C=O) groups excluding carboxylic acids is 3. The number of alkyl carbamates (subject to hydrolysis) is 2. The zero-order valence-electron chi connectivity index (χ0n) is 15.7. The van der Waals surface area contributed by atoms with Crippen molar-refractivity contribution in [2.24, 2.45) is 5.73 Å². The summed E-state index contributed by atoms with van der Waals surface area (Å²) in [5, 5.41) is 5.18. The van der Waals surface area contributed by atoms with Gasteiger partial charge < -0.3 is 30.7 Å². The smallest absolute Gasteiger partial charge is 0.407 e. The minimum atomic E-state index is -1.38. The Labute approximate surface area is 161 Å². The van der Waals surface area contributed by atoms with Gasteiger partial charge in [-0.25, -0.2) is 14.0 Å². The number of carbonyl (C=O) groups is 3. The lowest BCUT2D eigenvalue weighted by atomic mass is 9.76. The summed E-state index contributed by atoms with van der Waals surface area (Å²) in [6, 6.07) is 4.27. The molecule has 3 rings (SSSR count). The Hall–Kier alpha value is -3.04. The van der Waals surface area contributed by atoms with Crippen LogP contribution in [-0.4, -0.2) is 57.0 Å². The van der Waals surface area contributed by atoms with Crippen LogP contribution in [0.5, 0.6) is 0 Å². The molecule has 0 aromatic heterocycles. The molecule has 3 atom stereocenters. The third kappa shape index (κ3) is 3.54. The van der Waals surface area contributed by atoms with Crippen LogP contribution in [0.1, 0.15) is 18.9 Å². The molecule has 10 heteroatoms. The number of anilines is 1. The van der Waals surface area contributed by atoms with E-state index in [9.17, 15) is 18.8 Å². The average molecular weight is 394 g/mol. The number of amides is 3. The van der Waals surface area contributed by atoms with Crippen LogP contribution in [0.15, 0.2) is 18.2 Å². The van der Waals surface area contributed by atoms with Gasteiger partial charge in [-0.1, -0.05) is 6.07 Å². The lowest BCUT2D eigenvalue weighted by molar-refractivity contribution is -0.126. The first kappa shape index (κ1) is 19.7. The van der Waals surface area contributed by atoms with Crippen LogP contribution in [0.4, 0.5) is 19.7 Å². The van der Waals surface area contributed by atoms with Crippen molar-refractivity contribution in [2.75, 3.05) is 31.6 Å². The first-order chi connectivity index (χ1) is 13.3. The maximum absolute atomic E-state index is 14.9. The lowest BCUT2D eigenvalue weighted by Crippen LogP contribution is -2.49. The van der Waals surface area contributed by atoms with Crippen LogP contribution in [-0.2, 0) is 19.7 Å². The topological polar surface area (TPSA) is 123 Å². The maximum Gasteiger partial charge on any atom is 0.407 e. The van der Waals surface area contributed by atoms with Gasteiger partial charge in [0, 0.05) is 13.1 Å². The number of rotatable bonds is 5. The fraction of sp³-hybridized carbons (Fsp3) is 0.500. The summed E-state index contributed by atoms with van der Waals surface area (Å²) < 4.78 is 24.6. The van der Waals surface area contributed by atoms with Gasteiger partial charge in [0.15, 0.2) is 0 Å². The average Bonchev–Trinajstić information content (AvgIpc) is 3.30. The first-order valence-electron chi connectivity index (χ1n) is 8.89. The Morgan fingerprint density at radius 1 is 1.46 bits per heavy atom. The van der Waals surface area contributed by atoms with Crippen molar-refractivity contribution in [3.05, 3.63) is 29.6 Å². The normalized spacial score (nSPS) is 23.5. The van der Waals surface area contributed by atoms with Crippen molar-refractivity contribution < 1.29 is 28.2 Å². The number of primary amides is 1. The fourth-order valence-electron chi connectivity index (χ4n) is 3.61. The molecule has 1 aromatic rings. The number of benzene rings is 1. The van der Waals surface area contributed by atoms with E-state index in [1.165, 1.54) is 20.1 Å². The summed E-state index contributed by atoms with van der Waals surface area (Å²) in [7, 11) is 1.29. The number of nitrogens with two attached hydrogens (primary N) is 1. The predicted octanol–water partition coefficient (Wildman–Crippen LogP) is 0.612. The molecule has 4 N–H and O–H groups in total. The van der Waals surface area contributed by atoms with Gasteiger partial charge in [-0.3, -0.25) is 4.79 Å². The molecule has 0 spiro atoms. The van der Waals surface area contributed by atoms with Crippen molar-refractivity contribution >= 4 is 23.8 Å². The summed E-state index contributed by atoms with van der Waals surface area (Å²) in [6.07, 6.45) is -1.35. The quantitative estimate of drug-likeness (QED) is 0.673. The van der Waals surface area contributed by atoms with Gasteiger partial charge in [0.2, 0.25) is 5.91 Å². The molecule has 2 aliphatic heterocycles. The Bertz CT molecular complexity index is 804. The molecule has 2 fully saturated rings. The first-order valence-corrected chi connectivity index (χ1v) is 8.89. The molecule has 0 aliphatic carbocycles. The van der Waals surface area contributed by atoms with Crippen molar-refractivity contribution in [2.45, 2.75) is 30.9 Å². The summed E-state index contributed by atoms with van der Waals surface area (Å²) in [5.41, 5.74) is 4.88. The van der Waals surface area contributed by atoms with Gasteiger partial charge in [-0.2, -0.15) is 0 Å². The highest BCUT2D eigenvalue weighted by Crippen LogP contribution is 2.34. The number of hydrogen-bond donors (Lipinski definition) is 3. The van der Waals surface area contributed by atoms with Gasteiger partial charge in [0.25, 0.3) is 0 Å². The van der Waals surface area contributed by atoms with Gasteiger partial charge in [0.1, 0.15) is 17.3 Å². The number of nitrogens with one attached hydrogen (secondary N) is 2. The van der Waals surface area contributed by atoms with Gasteiger partial charge in [-0.15, -0.1) is 0 Å². The van der Waals surface area contributed by atoms with E-state index in [4.69, 9.17) is 10.5 Å². The summed E-state index contributed by atoms with van der Waals surface area (Å²) in [6.45, 7) is 2.63. The molecule has 1 aromatic carbocycles. The van der Waals surface area contributed by atoms with Crippen LogP contribution in [0.2, 0.25) is 0 Å². The Morgan fingerprint density at radius 2 is 2.21 bits per heavy atom. The predicted molar refractivity (Wildman–Crippen MR) is 97.4 cm³/mol. The molecule has 152 valence electrons. The molecular weight excluding hydrogens is 371 g/mol. The highest BCUT2D eigenvalue weighted by Gasteiger charge is 2.47. The maximum atomic E-state index is 14.9. The van der Waals surface area contributed by atoms with Crippen molar-refractivity contribution in [1.82, 2.24) is 10.6 Å². The van der Waals surface area contributed by atoms with E-state index in [1.807, 2.05) is 0 Å². The third-order valence-electron chi connectivity index (χ3n) is 5.42. The van der Waals surface area contributed by atoms with E-state index in [2.05, 4.69) is 15.4 Å². The molecule has 2 aliphatic rings. The van der Waals surface area contributed by atoms with E-state index < -0.39 is 35.4 Å². The molecule has 3 amide bonds. The monoisotopic (exact) mass is 394 g/mol. The van der Waals surface area contributed by atoms with Gasteiger partial charge >= 0.3 is 12.2 Å². The zero-order valence-corrected chi connectivity index (χ0v) is 15.7. The van der Waals surface area contributed by atoms with Gasteiger partial charge in [-0.05, 0) is 31.0 Å². The molecule has 9 nitrogen and oxygen atoms in total. The standard InChI is InChI=1S/C18H23FN4O5/c1-18(15(20)24,14-8-21-16(25)28-14)10-3-4-13(12(19)7-10)23-6-5-11(9-23)22-17(26)27-2/h3-4,7,11,14H,5-6,8-9H2,1-2H3,(H2,20,24)(H,21,25)(H,22,26). The second-order valence-electron chi connectivity index (χ2n) is 7.08. The molecule has 0 saturated carbocycles. The molecule has 3 unspecified atom stereocenters. The SMILES string of the molecule is COC(=O)NC1CCN(c2ccc(C(C)(C(N)=O)C3CNC(=O)O3)cc2F)C1. The fourth-order valence-corrected chi connectivity index (χ4v) is 3.61. The van der Waals surface area contributed by atoms with Gasteiger partial charge in [0.05, 0.1) is 25.4 Å². The molecule has 2 heterocycles. The second-order valence-corrected chi connectivity index (χ2v) is 7.08. The largest absolute Gasteiger partial charge is 0.453 e. The number of halogens is 1. The number of methoxy groups -OCH3 is 1. The highest BCUT2D eigenvalue weighted by molar-refractivity contribution is 5.88. The lowest BCUT2D eigenvalue weighted by Gasteiger charge is -2.31. The number of hydrogen-bond acceptors (Lipinski definition) is 6. The van der Waals surface area contributed by atoms with Crippen LogP contribution >= 0.6 is 0 Å². The molecular formula is C18H23FN4O5. The Morgan fingerprint density at radius 3 is 2.79 bits per heavy atom. The third-order valence-corrected chi connectivity index (χ3v) is 5.42. The summed E-state index contributed by atoms with van der Waals surface area (Å²) in [5.74, 6) is -1.24. The van der Waals surface area contributed by atoms with E-state index in [0.717, 1.165) is 0 Å². The van der Waals surface area contributed by atoms with E-state index in [1.54, 1.807) is 17.0 Å². The molecule has 0 radical (unpaired) electrons. The number of nitrogens with zero attached hydrogens (tertiary/aromatic N) is 1. The van der Waals surface area contributed by atoms with Crippen LogP contribution in [0.3, 0.4) is 0 Å². The van der Waals surface area contributed by atoms with Crippen LogP contribution in [0.25, 0.3) is 0 Å². The van der Waals surface area contributed by atoms with E-state index >= 15 is 0 Å². The molecule has 0 bridgehead atoms. The Balaban J connectivity index is 1.81. The van der Waals surface area contributed by atoms with Crippen LogP contribution < -0.4 is 21.3 Å².